The maximum absolute atomic E-state index is 12.9. The van der Waals surface area contributed by atoms with E-state index in [2.05, 4.69) is 12.2 Å². The zero-order chi connectivity index (χ0) is 19.7. The molecule has 1 rings (SSSR count). The third-order valence-corrected chi connectivity index (χ3v) is 4.80. The van der Waals surface area contributed by atoms with Gasteiger partial charge in [0, 0.05) is 44.5 Å². The summed E-state index contributed by atoms with van der Waals surface area (Å²) < 4.78 is 0. The molecule has 1 atom stereocenters. The maximum atomic E-state index is 12.9. The summed E-state index contributed by atoms with van der Waals surface area (Å²) in [6.07, 6.45) is 3.87. The van der Waals surface area contributed by atoms with Gasteiger partial charge in [0.1, 0.15) is 0 Å². The zero-order valence-corrected chi connectivity index (χ0v) is 17.3. The Balaban J connectivity index is 3.09. The van der Waals surface area contributed by atoms with Crippen LogP contribution in [0.15, 0.2) is 18.2 Å². The van der Waals surface area contributed by atoms with Crippen molar-refractivity contribution in [2.75, 3.05) is 37.4 Å². The van der Waals surface area contributed by atoms with Gasteiger partial charge in [0.05, 0.1) is 5.56 Å². The summed E-state index contributed by atoms with van der Waals surface area (Å²) in [5, 5.41) is 3.01. The number of hydrogen-bond donors (Lipinski definition) is 1. The van der Waals surface area contributed by atoms with Gasteiger partial charge in [-0.2, -0.15) is 0 Å². The average Bonchev–Trinajstić information content (AvgIpc) is 2.63. The minimum atomic E-state index is -0.00664. The summed E-state index contributed by atoms with van der Waals surface area (Å²) in [5.41, 5.74) is 2.17. The lowest BCUT2D eigenvalue weighted by Crippen LogP contribution is -2.32. The molecular weight excluding hydrogens is 326 g/mol. The van der Waals surface area contributed by atoms with Crippen molar-refractivity contribution >= 4 is 23.2 Å². The van der Waals surface area contributed by atoms with Crippen LogP contribution in [0.5, 0.6) is 0 Å². The van der Waals surface area contributed by atoms with Gasteiger partial charge < -0.3 is 15.1 Å². The highest BCUT2D eigenvalue weighted by molar-refractivity contribution is 6.02. The second-order valence-electron chi connectivity index (χ2n) is 6.84. The van der Waals surface area contributed by atoms with Crippen LogP contribution in [0.25, 0.3) is 0 Å². The molecule has 5 heteroatoms. The van der Waals surface area contributed by atoms with E-state index in [4.69, 9.17) is 0 Å². The third kappa shape index (κ3) is 5.75. The number of rotatable bonds is 10. The van der Waals surface area contributed by atoms with Crippen molar-refractivity contribution in [2.45, 2.75) is 53.4 Å². The minimum Gasteiger partial charge on any atom is -0.377 e. The number of unbranched alkanes of at least 4 members (excludes halogenated alkanes) is 1. The van der Waals surface area contributed by atoms with E-state index in [1.807, 2.05) is 51.9 Å². The lowest BCUT2D eigenvalue weighted by molar-refractivity contribution is -0.120. The van der Waals surface area contributed by atoms with Gasteiger partial charge in [-0.05, 0) is 44.9 Å². The van der Waals surface area contributed by atoms with Crippen molar-refractivity contribution < 1.29 is 9.59 Å². The number of nitrogens with one attached hydrogen (secondary N) is 1. The lowest BCUT2D eigenvalue weighted by Gasteiger charge is -2.24. The maximum Gasteiger partial charge on any atom is 0.256 e. The summed E-state index contributed by atoms with van der Waals surface area (Å²) in [6.45, 7) is 9.45. The quantitative estimate of drug-likeness (QED) is 0.672. The van der Waals surface area contributed by atoms with E-state index >= 15 is 0 Å². The van der Waals surface area contributed by atoms with Crippen molar-refractivity contribution in [3.63, 3.8) is 0 Å². The summed E-state index contributed by atoms with van der Waals surface area (Å²) in [6, 6.07) is 5.58. The molecule has 0 aliphatic heterocycles. The van der Waals surface area contributed by atoms with E-state index in [1.165, 1.54) is 0 Å². The van der Waals surface area contributed by atoms with Crippen molar-refractivity contribution in [1.82, 2.24) is 4.90 Å². The van der Waals surface area contributed by atoms with Gasteiger partial charge >= 0.3 is 0 Å². The van der Waals surface area contributed by atoms with Gasteiger partial charge in [0.25, 0.3) is 5.91 Å². The molecule has 1 aromatic carbocycles. The van der Waals surface area contributed by atoms with E-state index < -0.39 is 0 Å². The minimum absolute atomic E-state index is 0.00664. The summed E-state index contributed by atoms with van der Waals surface area (Å²) in [7, 11) is 3.84. The predicted molar refractivity (Wildman–Crippen MR) is 110 cm³/mol. The van der Waals surface area contributed by atoms with Gasteiger partial charge in [0.2, 0.25) is 5.91 Å². The summed E-state index contributed by atoms with van der Waals surface area (Å²) in [4.78, 5) is 29.2. The lowest BCUT2D eigenvalue weighted by atomic mass is 9.98. The Labute approximate surface area is 158 Å². The normalized spacial score (nSPS) is 11.8. The van der Waals surface area contributed by atoms with E-state index in [1.54, 1.807) is 11.0 Å². The number of amides is 2. The fraction of sp³-hybridized carbons (Fsp3) is 0.619. The van der Waals surface area contributed by atoms with E-state index in [0.29, 0.717) is 24.3 Å². The van der Waals surface area contributed by atoms with Crippen molar-refractivity contribution in [3.8, 4) is 0 Å². The number of benzene rings is 1. The monoisotopic (exact) mass is 361 g/mol. The van der Waals surface area contributed by atoms with Gasteiger partial charge in [-0.1, -0.05) is 26.7 Å². The average molecular weight is 362 g/mol. The van der Waals surface area contributed by atoms with Gasteiger partial charge in [-0.15, -0.1) is 0 Å². The van der Waals surface area contributed by atoms with Crippen LogP contribution in [0.3, 0.4) is 0 Å². The molecule has 0 aliphatic carbocycles. The molecule has 0 fully saturated rings. The SMILES string of the molecule is CCCC[C@@H](CC)C(=O)Nc1ccc(N(C)C)c(C(=O)N(CC)CC)c1. The predicted octanol–water partition coefficient (Wildman–Crippen LogP) is 4.39. The third-order valence-electron chi connectivity index (χ3n) is 4.80. The van der Waals surface area contributed by atoms with Crippen molar-refractivity contribution in [1.29, 1.82) is 0 Å². The second-order valence-corrected chi connectivity index (χ2v) is 6.84. The molecule has 0 spiro atoms. The Morgan fingerprint density at radius 2 is 1.73 bits per heavy atom. The molecule has 5 nitrogen and oxygen atoms in total. The number of carbonyl (C=O) groups excluding carboxylic acids is 2. The van der Waals surface area contributed by atoms with E-state index in [-0.39, 0.29) is 17.7 Å². The second kappa shape index (κ2) is 10.8. The molecule has 26 heavy (non-hydrogen) atoms. The first kappa shape index (κ1) is 22.0. The van der Waals surface area contributed by atoms with Crippen LogP contribution >= 0.6 is 0 Å². The van der Waals surface area contributed by atoms with Crippen LogP contribution < -0.4 is 10.2 Å². The van der Waals surface area contributed by atoms with Crippen LogP contribution in [0.1, 0.15) is 63.7 Å². The van der Waals surface area contributed by atoms with Gasteiger partial charge in [-0.3, -0.25) is 9.59 Å². The molecule has 0 heterocycles. The Bertz CT molecular complexity index is 595. The molecule has 0 unspecified atom stereocenters. The van der Waals surface area contributed by atoms with Crippen LogP contribution in [0, 0.1) is 5.92 Å². The summed E-state index contributed by atoms with van der Waals surface area (Å²) in [5.74, 6) is 0.0537. The Kier molecular flexibility index (Phi) is 9.17. The Morgan fingerprint density at radius 3 is 2.23 bits per heavy atom. The molecule has 0 bridgehead atoms. The zero-order valence-electron chi connectivity index (χ0n) is 17.3. The molecule has 1 N–H and O–H groups in total. The first-order chi connectivity index (χ1) is 12.4. The Morgan fingerprint density at radius 1 is 1.08 bits per heavy atom. The smallest absolute Gasteiger partial charge is 0.256 e. The first-order valence-corrected chi connectivity index (χ1v) is 9.80. The van der Waals surface area contributed by atoms with E-state index in [9.17, 15) is 9.59 Å². The van der Waals surface area contributed by atoms with Gasteiger partial charge in [-0.25, -0.2) is 0 Å². The first-order valence-electron chi connectivity index (χ1n) is 9.80. The Hall–Kier alpha value is -2.04. The standard InChI is InChI=1S/C21H35N3O2/c1-7-11-12-16(8-2)20(25)22-17-13-14-19(23(5)6)18(15-17)21(26)24(9-3)10-4/h13-16H,7-12H2,1-6H3,(H,22,25)/t16-/m1/s1. The van der Waals surface area contributed by atoms with Crippen molar-refractivity contribution in [3.05, 3.63) is 23.8 Å². The molecule has 1 aromatic rings. The molecule has 0 saturated heterocycles. The van der Waals surface area contributed by atoms with Crippen LogP contribution in [0.2, 0.25) is 0 Å². The number of carbonyl (C=O) groups is 2. The van der Waals surface area contributed by atoms with E-state index in [0.717, 1.165) is 31.4 Å². The molecule has 0 aromatic heterocycles. The topological polar surface area (TPSA) is 52.7 Å². The highest BCUT2D eigenvalue weighted by Crippen LogP contribution is 2.25. The number of anilines is 2. The highest BCUT2D eigenvalue weighted by Gasteiger charge is 2.20. The highest BCUT2D eigenvalue weighted by atomic mass is 16.2. The molecule has 0 aliphatic rings. The number of hydrogen-bond acceptors (Lipinski definition) is 3. The number of nitrogens with zero attached hydrogens (tertiary/aromatic N) is 2. The molecule has 2 amide bonds. The molecule has 0 saturated carbocycles. The molecule has 146 valence electrons. The summed E-state index contributed by atoms with van der Waals surface area (Å²) >= 11 is 0. The fourth-order valence-corrected chi connectivity index (χ4v) is 3.07. The molecule has 0 radical (unpaired) electrons. The van der Waals surface area contributed by atoms with Crippen molar-refractivity contribution in [2.24, 2.45) is 5.92 Å². The van der Waals surface area contributed by atoms with Gasteiger partial charge in [0.15, 0.2) is 0 Å². The van der Waals surface area contributed by atoms with Crippen LogP contribution in [-0.2, 0) is 4.79 Å². The van der Waals surface area contributed by atoms with Crippen LogP contribution in [-0.4, -0.2) is 43.9 Å². The molecular formula is C21H35N3O2. The largest absolute Gasteiger partial charge is 0.377 e. The fourth-order valence-electron chi connectivity index (χ4n) is 3.07. The van der Waals surface area contributed by atoms with Crippen LogP contribution in [0.4, 0.5) is 11.4 Å².